The maximum atomic E-state index is 13.2. The lowest BCUT2D eigenvalue weighted by molar-refractivity contribution is -0.189. The van der Waals surface area contributed by atoms with Crippen LogP contribution in [-0.4, -0.2) is 48.2 Å². The van der Waals surface area contributed by atoms with Crippen molar-refractivity contribution in [1.82, 2.24) is 0 Å². The number of hydrogen-bond donors (Lipinski definition) is 1. The molecule has 2 aliphatic rings. The van der Waals surface area contributed by atoms with Crippen LogP contribution in [-0.2, 0) is 9.53 Å². The molecule has 5 nitrogen and oxygen atoms in total. The number of amides is 1. The van der Waals surface area contributed by atoms with Gasteiger partial charge in [0.15, 0.2) is 6.10 Å². The number of carbonyl (C=O) groups excluding carboxylic acids is 1. The molecule has 3 rings (SSSR count). The van der Waals surface area contributed by atoms with Gasteiger partial charge in [-0.05, 0) is 77.1 Å². The van der Waals surface area contributed by atoms with E-state index < -0.39 is 23.3 Å². The largest absolute Gasteiger partial charge is 0.481 e. The predicted octanol–water partition coefficient (Wildman–Crippen LogP) is 4.47. The van der Waals surface area contributed by atoms with E-state index in [1.54, 1.807) is 17.0 Å². The predicted molar refractivity (Wildman–Crippen MR) is 106 cm³/mol. The van der Waals surface area contributed by atoms with Gasteiger partial charge in [-0.1, -0.05) is 0 Å². The number of nitrogens with zero attached hydrogens (tertiary/aromatic N) is 1. The van der Waals surface area contributed by atoms with Crippen molar-refractivity contribution in [2.45, 2.75) is 76.9 Å². The molecule has 1 N–H and O–H groups in total. The zero-order chi connectivity index (χ0) is 22.2. The third kappa shape index (κ3) is 4.91. The Balaban J connectivity index is 1.62. The summed E-state index contributed by atoms with van der Waals surface area (Å²) in [5.74, 6) is 0.129. The van der Waals surface area contributed by atoms with Gasteiger partial charge in [0, 0.05) is 12.2 Å². The molecular weight excluding hydrogens is 399 g/mol. The van der Waals surface area contributed by atoms with Gasteiger partial charge in [0.1, 0.15) is 5.75 Å². The Bertz CT molecular complexity index is 740. The molecule has 0 bridgehead atoms. The molecule has 2 fully saturated rings. The van der Waals surface area contributed by atoms with E-state index in [0.717, 1.165) is 6.92 Å². The number of rotatable bonds is 6. The zero-order valence-corrected chi connectivity index (χ0v) is 17.7. The van der Waals surface area contributed by atoms with Crippen LogP contribution in [0.2, 0.25) is 0 Å². The quantitative estimate of drug-likeness (QED) is 0.725. The Labute approximate surface area is 175 Å². The molecule has 0 aromatic heterocycles. The molecule has 1 spiro atoms. The normalized spacial score (nSPS) is 28.4. The van der Waals surface area contributed by atoms with E-state index in [2.05, 4.69) is 0 Å². The molecule has 0 radical (unpaired) electrons. The van der Waals surface area contributed by atoms with Crippen molar-refractivity contribution in [2.75, 3.05) is 18.1 Å². The molecule has 1 aliphatic heterocycles. The number of carbonyl (C=O) groups is 1. The molecule has 1 amide bonds. The van der Waals surface area contributed by atoms with Crippen LogP contribution in [0.15, 0.2) is 24.3 Å². The summed E-state index contributed by atoms with van der Waals surface area (Å²) in [5, 5.41) is 10.7. The highest BCUT2D eigenvalue weighted by atomic mass is 19.4. The molecule has 1 aliphatic carbocycles. The first-order chi connectivity index (χ1) is 13.9. The van der Waals surface area contributed by atoms with Crippen LogP contribution in [0.3, 0.4) is 0 Å². The van der Waals surface area contributed by atoms with E-state index in [1.165, 1.54) is 12.1 Å². The molecule has 1 saturated carbocycles. The third-order valence-electron chi connectivity index (χ3n) is 6.26. The van der Waals surface area contributed by atoms with Gasteiger partial charge in [-0.15, -0.1) is 0 Å². The van der Waals surface area contributed by atoms with Crippen LogP contribution < -0.4 is 9.64 Å². The molecule has 168 valence electrons. The van der Waals surface area contributed by atoms with Crippen molar-refractivity contribution in [2.24, 2.45) is 5.41 Å². The van der Waals surface area contributed by atoms with E-state index >= 15 is 0 Å². The zero-order valence-electron chi connectivity index (χ0n) is 17.7. The standard InChI is InChI=1S/C22H30F3NO4/c1-15(2)29-14-21(28)10-8-20(9-11-21)12-13-26(19(20)27)17-4-6-18(7-5-17)30-16(3)22(23,24)25/h4-7,15-16,28H,8-14H2,1-3H3/t16-,20-,21+/m1/s1. The van der Waals surface area contributed by atoms with E-state index in [1.807, 2.05) is 13.8 Å². The van der Waals surface area contributed by atoms with Crippen LogP contribution in [0.5, 0.6) is 5.75 Å². The minimum atomic E-state index is -4.43. The smallest absolute Gasteiger partial charge is 0.425 e. The maximum Gasteiger partial charge on any atom is 0.425 e. The van der Waals surface area contributed by atoms with Gasteiger partial charge in [-0.25, -0.2) is 0 Å². The number of alkyl halides is 3. The number of hydrogen-bond acceptors (Lipinski definition) is 4. The molecule has 1 aromatic carbocycles. The van der Waals surface area contributed by atoms with Crippen molar-refractivity contribution < 1.29 is 32.5 Å². The Hall–Kier alpha value is -1.80. The Morgan fingerprint density at radius 3 is 2.20 bits per heavy atom. The SMILES string of the molecule is CC(C)OC[C@]1(O)CC[C@]2(CCN(c3ccc(O[C@H](C)C(F)(F)F)cc3)C2=O)CC1. The first-order valence-corrected chi connectivity index (χ1v) is 10.4. The highest BCUT2D eigenvalue weighted by Gasteiger charge is 2.51. The summed E-state index contributed by atoms with van der Waals surface area (Å²) in [6.07, 6.45) is -3.35. The van der Waals surface area contributed by atoms with Crippen molar-refractivity contribution in [3.05, 3.63) is 24.3 Å². The monoisotopic (exact) mass is 429 g/mol. The summed E-state index contributed by atoms with van der Waals surface area (Å²) in [5.41, 5.74) is -0.727. The van der Waals surface area contributed by atoms with Crippen LogP contribution >= 0.6 is 0 Å². The second-order valence-corrected chi connectivity index (χ2v) is 8.87. The summed E-state index contributed by atoms with van der Waals surface area (Å²) in [4.78, 5) is 14.9. The first kappa shape index (κ1) is 22.9. The van der Waals surface area contributed by atoms with Crippen molar-refractivity contribution in [1.29, 1.82) is 0 Å². The second kappa shape index (κ2) is 8.38. The second-order valence-electron chi connectivity index (χ2n) is 8.87. The maximum absolute atomic E-state index is 13.2. The van der Waals surface area contributed by atoms with Gasteiger partial charge in [0.05, 0.1) is 23.7 Å². The van der Waals surface area contributed by atoms with Crippen LogP contribution in [0.4, 0.5) is 18.9 Å². The summed E-state index contributed by atoms with van der Waals surface area (Å²) < 4.78 is 48.5. The lowest BCUT2D eigenvalue weighted by Crippen LogP contribution is -2.46. The van der Waals surface area contributed by atoms with E-state index in [9.17, 15) is 23.1 Å². The highest BCUT2D eigenvalue weighted by Crippen LogP contribution is 2.48. The average molecular weight is 429 g/mol. The fraction of sp³-hybridized carbons (Fsp3) is 0.682. The minimum absolute atomic E-state index is 0.0201. The Morgan fingerprint density at radius 1 is 1.07 bits per heavy atom. The summed E-state index contributed by atoms with van der Waals surface area (Å²) in [7, 11) is 0. The van der Waals surface area contributed by atoms with Gasteiger partial charge in [-0.2, -0.15) is 13.2 Å². The molecule has 0 unspecified atom stereocenters. The van der Waals surface area contributed by atoms with Gasteiger partial charge in [0.25, 0.3) is 0 Å². The number of halogens is 3. The van der Waals surface area contributed by atoms with Crippen molar-refractivity contribution in [3.63, 3.8) is 0 Å². The highest BCUT2D eigenvalue weighted by molar-refractivity contribution is 6.00. The fourth-order valence-corrected chi connectivity index (χ4v) is 4.17. The molecular formula is C22H30F3NO4. The number of benzene rings is 1. The summed E-state index contributed by atoms with van der Waals surface area (Å²) in [6.45, 7) is 5.63. The lowest BCUT2D eigenvalue weighted by Gasteiger charge is -2.41. The van der Waals surface area contributed by atoms with E-state index in [4.69, 9.17) is 9.47 Å². The van der Waals surface area contributed by atoms with Crippen LogP contribution in [0, 0.1) is 5.41 Å². The Kier molecular flexibility index (Phi) is 6.39. The van der Waals surface area contributed by atoms with Crippen molar-refractivity contribution >= 4 is 11.6 Å². The van der Waals surface area contributed by atoms with Gasteiger partial charge >= 0.3 is 6.18 Å². The molecule has 1 aromatic rings. The third-order valence-corrected chi connectivity index (χ3v) is 6.26. The molecule has 30 heavy (non-hydrogen) atoms. The minimum Gasteiger partial charge on any atom is -0.481 e. The number of ether oxygens (including phenoxy) is 2. The number of anilines is 1. The number of aliphatic hydroxyl groups is 1. The lowest BCUT2D eigenvalue weighted by atomic mass is 9.68. The molecule has 1 heterocycles. The van der Waals surface area contributed by atoms with E-state index in [0.29, 0.717) is 44.3 Å². The Morgan fingerprint density at radius 2 is 1.67 bits per heavy atom. The average Bonchev–Trinajstić information content (AvgIpc) is 2.99. The van der Waals surface area contributed by atoms with Gasteiger partial charge in [-0.3, -0.25) is 4.79 Å². The summed E-state index contributed by atoms with van der Waals surface area (Å²) >= 11 is 0. The fourth-order valence-electron chi connectivity index (χ4n) is 4.17. The summed E-state index contributed by atoms with van der Waals surface area (Å²) in [6, 6.07) is 6.15. The van der Waals surface area contributed by atoms with E-state index in [-0.39, 0.29) is 24.4 Å². The topological polar surface area (TPSA) is 59.0 Å². The molecule has 1 atom stereocenters. The molecule has 8 heteroatoms. The van der Waals surface area contributed by atoms with Crippen LogP contribution in [0.25, 0.3) is 0 Å². The van der Waals surface area contributed by atoms with Gasteiger partial charge in [0.2, 0.25) is 5.91 Å². The van der Waals surface area contributed by atoms with Crippen molar-refractivity contribution in [3.8, 4) is 5.75 Å². The van der Waals surface area contributed by atoms with Gasteiger partial charge < -0.3 is 19.5 Å². The molecule has 1 saturated heterocycles. The van der Waals surface area contributed by atoms with Crippen LogP contribution in [0.1, 0.15) is 52.9 Å². The first-order valence-electron chi connectivity index (χ1n) is 10.4.